The van der Waals surface area contributed by atoms with Crippen LogP contribution in [0.1, 0.15) is 19.5 Å². The lowest BCUT2D eigenvalue weighted by atomic mass is 10.2. The van der Waals surface area contributed by atoms with Crippen molar-refractivity contribution in [1.29, 1.82) is 0 Å². The number of halogens is 3. The third kappa shape index (κ3) is 5.01. The molecule has 2 aromatic rings. The fraction of sp³-hybridized carbons (Fsp3) is 0.286. The van der Waals surface area contributed by atoms with Gasteiger partial charge in [-0.3, -0.25) is 10.2 Å². The molecule has 8 nitrogen and oxygen atoms in total. The van der Waals surface area contributed by atoms with Gasteiger partial charge in [0, 0.05) is 23.9 Å². The highest BCUT2D eigenvalue weighted by Crippen LogP contribution is 2.32. The topological polar surface area (TPSA) is 108 Å². The quantitative estimate of drug-likeness (QED) is 0.365. The molecule has 2 rings (SSSR count). The van der Waals surface area contributed by atoms with Gasteiger partial charge < -0.3 is 4.74 Å². The van der Waals surface area contributed by atoms with Crippen LogP contribution in [0.25, 0.3) is 17.6 Å². The van der Waals surface area contributed by atoms with Gasteiger partial charge in [-0.25, -0.2) is 20.5 Å². The second kappa shape index (κ2) is 7.30. The average Bonchev–Trinajstić information content (AvgIpc) is 2.99. The van der Waals surface area contributed by atoms with Gasteiger partial charge in [0.05, 0.1) is 6.10 Å². The number of hydrazine groups is 1. The third-order valence-electron chi connectivity index (χ3n) is 2.74. The molecule has 0 saturated carbocycles. The molecule has 25 heavy (non-hydrogen) atoms. The molecule has 0 atom stereocenters. The Bertz CT molecular complexity index is 785. The summed E-state index contributed by atoms with van der Waals surface area (Å²) in [7, 11) is 0. The van der Waals surface area contributed by atoms with Gasteiger partial charge in [-0.1, -0.05) is 0 Å². The van der Waals surface area contributed by atoms with E-state index in [-0.39, 0.29) is 23.4 Å². The molecule has 2 heterocycles. The number of nitrogens with one attached hydrogen (secondary N) is 1. The largest absolute Gasteiger partial charge is 0.475 e. The van der Waals surface area contributed by atoms with Gasteiger partial charge in [0.2, 0.25) is 5.88 Å². The van der Waals surface area contributed by atoms with Crippen LogP contribution < -0.4 is 16.0 Å². The van der Waals surface area contributed by atoms with E-state index < -0.39 is 17.8 Å². The van der Waals surface area contributed by atoms with Gasteiger partial charge >= 0.3 is 6.18 Å². The van der Waals surface area contributed by atoms with E-state index in [1.54, 1.807) is 13.8 Å². The highest BCUT2D eigenvalue weighted by Gasteiger charge is 2.34. The highest BCUT2D eigenvalue weighted by molar-refractivity contribution is 5.89. The van der Waals surface area contributed by atoms with Crippen molar-refractivity contribution >= 4 is 12.1 Å². The predicted molar refractivity (Wildman–Crippen MR) is 81.7 cm³/mol. The maximum Gasteiger partial charge on any atom is 0.433 e. The van der Waals surface area contributed by atoms with Gasteiger partial charge in [0.25, 0.3) is 5.91 Å². The average molecular weight is 356 g/mol. The van der Waals surface area contributed by atoms with Crippen molar-refractivity contribution in [2.45, 2.75) is 26.1 Å². The minimum Gasteiger partial charge on any atom is -0.475 e. The normalized spacial score (nSPS) is 12.0. The van der Waals surface area contributed by atoms with E-state index in [2.05, 4.69) is 15.1 Å². The molecule has 0 radical (unpaired) electrons. The summed E-state index contributed by atoms with van der Waals surface area (Å²) in [6.45, 7) is 3.34. The molecule has 3 N–H and O–H groups in total. The van der Waals surface area contributed by atoms with Crippen LogP contribution in [-0.2, 0) is 11.0 Å². The summed E-state index contributed by atoms with van der Waals surface area (Å²) >= 11 is 0. The number of nitrogens with zero attached hydrogens (tertiary/aromatic N) is 4. The second-order valence-corrected chi connectivity index (χ2v) is 5.12. The maximum absolute atomic E-state index is 13.0. The number of carbonyl (C=O) groups is 1. The minimum absolute atomic E-state index is 0.0133. The van der Waals surface area contributed by atoms with Crippen molar-refractivity contribution in [2.75, 3.05) is 0 Å². The van der Waals surface area contributed by atoms with Gasteiger partial charge in [-0.15, -0.1) is 5.10 Å². The van der Waals surface area contributed by atoms with Crippen LogP contribution in [0, 0.1) is 0 Å². The summed E-state index contributed by atoms with van der Waals surface area (Å²) in [6, 6.07) is 2.13. The number of ether oxygens (including phenoxy) is 1. The van der Waals surface area contributed by atoms with Crippen LogP contribution >= 0.6 is 0 Å². The lowest BCUT2D eigenvalue weighted by molar-refractivity contribution is -0.141. The van der Waals surface area contributed by atoms with Crippen molar-refractivity contribution in [3.63, 3.8) is 0 Å². The summed E-state index contributed by atoms with van der Waals surface area (Å²) in [5, 5.41) is 3.98. The molecular formula is C14H15F3N6O2. The van der Waals surface area contributed by atoms with E-state index in [0.717, 1.165) is 16.8 Å². The van der Waals surface area contributed by atoms with Gasteiger partial charge in [0.15, 0.2) is 5.82 Å². The fourth-order valence-electron chi connectivity index (χ4n) is 1.75. The molecule has 0 spiro atoms. The highest BCUT2D eigenvalue weighted by atomic mass is 19.4. The Morgan fingerprint density at radius 3 is 2.72 bits per heavy atom. The Kier molecular flexibility index (Phi) is 5.37. The number of alkyl halides is 3. The second-order valence-electron chi connectivity index (χ2n) is 5.12. The van der Waals surface area contributed by atoms with E-state index >= 15 is 0 Å². The van der Waals surface area contributed by atoms with Crippen molar-refractivity contribution in [3.05, 3.63) is 30.2 Å². The molecule has 0 unspecified atom stereocenters. The Morgan fingerprint density at radius 1 is 1.40 bits per heavy atom. The number of aromatic nitrogens is 4. The van der Waals surface area contributed by atoms with Crippen molar-refractivity contribution < 1.29 is 22.7 Å². The summed E-state index contributed by atoms with van der Waals surface area (Å²) in [4.78, 5) is 18.4. The van der Waals surface area contributed by atoms with E-state index in [4.69, 9.17) is 10.6 Å². The Labute approximate surface area is 140 Å². The zero-order valence-electron chi connectivity index (χ0n) is 13.3. The van der Waals surface area contributed by atoms with Crippen LogP contribution in [0.15, 0.2) is 24.5 Å². The molecule has 1 amide bonds. The van der Waals surface area contributed by atoms with Gasteiger partial charge in [0.1, 0.15) is 12.0 Å². The first-order valence-electron chi connectivity index (χ1n) is 7.05. The van der Waals surface area contributed by atoms with Crippen molar-refractivity contribution in [2.24, 2.45) is 5.84 Å². The van der Waals surface area contributed by atoms with Gasteiger partial charge in [-0.2, -0.15) is 13.2 Å². The maximum atomic E-state index is 13.0. The van der Waals surface area contributed by atoms with Crippen molar-refractivity contribution in [1.82, 2.24) is 25.2 Å². The summed E-state index contributed by atoms with van der Waals surface area (Å²) in [6.07, 6.45) is -1.44. The van der Waals surface area contributed by atoms with E-state index in [1.165, 1.54) is 18.6 Å². The number of carbonyl (C=O) groups excluding carboxylic acids is 1. The number of nitrogens with two attached hydrogens (primary N) is 1. The van der Waals surface area contributed by atoms with Crippen molar-refractivity contribution in [3.8, 4) is 17.3 Å². The first kappa shape index (κ1) is 18.4. The Morgan fingerprint density at radius 2 is 2.12 bits per heavy atom. The fourth-order valence-corrected chi connectivity index (χ4v) is 1.75. The molecule has 0 fully saturated rings. The lowest BCUT2D eigenvalue weighted by Gasteiger charge is -2.12. The van der Waals surface area contributed by atoms with Crippen LogP contribution in [-0.4, -0.2) is 31.8 Å². The van der Waals surface area contributed by atoms with Crippen LogP contribution in [0.5, 0.6) is 5.88 Å². The standard InChI is InChI=1S/C14H15F3N6O2/c1-8(2)25-12-6-9(5-10(20-12)14(15,16)17)13-19-7-23(22-13)4-3-11(24)21-18/h3-8H,18H2,1-2H3,(H,21,24)/b4-3-. The monoisotopic (exact) mass is 356 g/mol. The third-order valence-corrected chi connectivity index (χ3v) is 2.74. The molecule has 0 aliphatic rings. The van der Waals surface area contributed by atoms with E-state index in [0.29, 0.717) is 0 Å². The minimum atomic E-state index is -4.65. The smallest absolute Gasteiger partial charge is 0.433 e. The summed E-state index contributed by atoms with van der Waals surface area (Å²) in [5.74, 6) is 4.17. The zero-order valence-corrected chi connectivity index (χ0v) is 13.3. The molecule has 2 aromatic heterocycles. The molecule has 0 bridgehead atoms. The first-order chi connectivity index (χ1) is 11.7. The van der Waals surface area contributed by atoms with E-state index in [9.17, 15) is 18.0 Å². The number of hydrogen-bond acceptors (Lipinski definition) is 6. The molecule has 0 aliphatic heterocycles. The first-order valence-corrected chi connectivity index (χ1v) is 7.05. The predicted octanol–water partition coefficient (Wildman–Crippen LogP) is 1.61. The number of amides is 1. The van der Waals surface area contributed by atoms with E-state index in [1.807, 2.05) is 5.43 Å². The summed E-state index contributed by atoms with van der Waals surface area (Å²) < 4.78 is 45.5. The van der Waals surface area contributed by atoms with Crippen LogP contribution in [0.4, 0.5) is 13.2 Å². The Balaban J connectivity index is 2.39. The van der Waals surface area contributed by atoms with Crippen LogP contribution in [0.3, 0.4) is 0 Å². The SMILES string of the molecule is CC(C)Oc1cc(-c2ncn(/C=C\C(=O)NN)n2)cc(C(F)(F)F)n1. The molecule has 134 valence electrons. The molecule has 11 heteroatoms. The molecule has 0 saturated heterocycles. The molecule has 0 aromatic carbocycles. The number of hydrogen-bond donors (Lipinski definition) is 2. The molecule has 0 aliphatic carbocycles. The number of pyridine rings is 1. The molecular weight excluding hydrogens is 341 g/mol. The number of rotatable bonds is 5. The lowest BCUT2D eigenvalue weighted by Crippen LogP contribution is -2.28. The van der Waals surface area contributed by atoms with Gasteiger partial charge in [-0.05, 0) is 19.9 Å². The summed E-state index contributed by atoms with van der Waals surface area (Å²) in [5.41, 5.74) is 0.848. The zero-order chi connectivity index (χ0) is 18.6. The van der Waals surface area contributed by atoms with Crippen LogP contribution in [0.2, 0.25) is 0 Å². The Hall–Kier alpha value is -2.95.